The lowest BCUT2D eigenvalue weighted by atomic mass is 9.88. The van der Waals surface area contributed by atoms with Crippen molar-refractivity contribution in [2.24, 2.45) is 5.73 Å². The minimum absolute atomic E-state index is 0.108. The fourth-order valence-corrected chi connectivity index (χ4v) is 3.24. The van der Waals surface area contributed by atoms with Gasteiger partial charge >= 0.3 is 0 Å². The molecule has 2 amide bonds. The molecule has 1 saturated heterocycles. The predicted octanol–water partition coefficient (Wildman–Crippen LogP) is 1.32. The van der Waals surface area contributed by atoms with E-state index in [0.29, 0.717) is 43.1 Å². The number of aryl methyl sites for hydroxylation is 1. The van der Waals surface area contributed by atoms with Crippen LogP contribution in [0, 0.1) is 0 Å². The molecule has 2 N–H and O–H groups in total. The Hall–Kier alpha value is -1.69. The van der Waals surface area contributed by atoms with E-state index < -0.39 is 11.4 Å². The van der Waals surface area contributed by atoms with E-state index in [0.717, 1.165) is 6.42 Å². The van der Waals surface area contributed by atoms with Gasteiger partial charge in [-0.15, -0.1) is 0 Å². The number of primary amides is 1. The lowest BCUT2D eigenvalue weighted by Crippen LogP contribution is -2.55. The highest BCUT2D eigenvalue weighted by Crippen LogP contribution is 2.34. The second kappa shape index (κ2) is 6.39. The van der Waals surface area contributed by atoms with Crippen LogP contribution in [0.15, 0.2) is 12.4 Å². The molecule has 7 heteroatoms. The minimum Gasteiger partial charge on any atom is -0.368 e. The summed E-state index contributed by atoms with van der Waals surface area (Å²) in [6.45, 7) is 2.06. The zero-order valence-corrected chi connectivity index (χ0v) is 12.8. The maximum atomic E-state index is 11.9. The number of aromatic nitrogens is 2. The van der Waals surface area contributed by atoms with Crippen LogP contribution in [0.1, 0.15) is 38.3 Å². The summed E-state index contributed by atoms with van der Waals surface area (Å²) in [6, 6.07) is 0. The van der Waals surface area contributed by atoms with E-state index in [9.17, 15) is 9.59 Å². The Bertz CT molecular complexity index is 552. The Morgan fingerprint density at radius 2 is 2.14 bits per heavy atom. The third-order valence-electron chi connectivity index (χ3n) is 4.05. The van der Waals surface area contributed by atoms with Crippen molar-refractivity contribution in [3.63, 3.8) is 0 Å². The molecule has 0 saturated carbocycles. The number of nitrogens with two attached hydrogens (primary N) is 1. The first-order valence-corrected chi connectivity index (χ1v) is 7.38. The first-order valence-electron chi connectivity index (χ1n) is 7.01. The lowest BCUT2D eigenvalue weighted by molar-refractivity contribution is -0.142. The summed E-state index contributed by atoms with van der Waals surface area (Å²) < 4.78 is 0. The molecule has 1 aliphatic heterocycles. The van der Waals surface area contributed by atoms with Gasteiger partial charge in [-0.25, -0.2) is 4.98 Å². The van der Waals surface area contributed by atoms with Crippen LogP contribution in [-0.2, 0) is 16.0 Å². The topological polar surface area (TPSA) is 89.2 Å². The van der Waals surface area contributed by atoms with Gasteiger partial charge in [-0.3, -0.25) is 14.6 Å². The number of nitrogens with zero attached hydrogens (tertiary/aromatic N) is 3. The van der Waals surface area contributed by atoms with E-state index in [4.69, 9.17) is 17.3 Å². The van der Waals surface area contributed by atoms with Gasteiger partial charge < -0.3 is 10.6 Å². The summed E-state index contributed by atoms with van der Waals surface area (Å²) in [5.74, 6) is -0.538. The fourth-order valence-electron chi connectivity index (χ4n) is 3.04. The Balaban J connectivity index is 2.06. The van der Waals surface area contributed by atoms with Gasteiger partial charge in [0.2, 0.25) is 11.8 Å². The molecular formula is C14H19ClN4O2. The van der Waals surface area contributed by atoms with Crippen molar-refractivity contribution in [3.8, 4) is 0 Å². The summed E-state index contributed by atoms with van der Waals surface area (Å²) in [5, 5.41) is 0.375. The first kappa shape index (κ1) is 15.7. The van der Waals surface area contributed by atoms with Crippen LogP contribution in [0.3, 0.4) is 0 Å². The number of hydrogen-bond acceptors (Lipinski definition) is 4. The molecule has 0 radical (unpaired) electrons. The quantitative estimate of drug-likeness (QED) is 0.888. The van der Waals surface area contributed by atoms with E-state index >= 15 is 0 Å². The standard InChI is InChI=1S/C14H19ClN4O2/c1-10(20)19-9-3-6-14(19,13(16)21)5-2-4-11-12(15)18-8-7-17-11/h7-8H,2-6,9H2,1H3,(H2,16,21). The third kappa shape index (κ3) is 3.15. The van der Waals surface area contributed by atoms with Gasteiger partial charge in [-0.1, -0.05) is 11.6 Å². The van der Waals surface area contributed by atoms with Crippen molar-refractivity contribution in [3.05, 3.63) is 23.2 Å². The number of hydrogen-bond donors (Lipinski definition) is 1. The van der Waals surface area contributed by atoms with E-state index in [1.807, 2.05) is 0 Å². The molecule has 0 aromatic carbocycles. The van der Waals surface area contributed by atoms with Crippen LogP contribution in [-0.4, -0.2) is 38.8 Å². The lowest BCUT2D eigenvalue weighted by Gasteiger charge is -2.35. The van der Waals surface area contributed by atoms with E-state index in [-0.39, 0.29) is 5.91 Å². The first-order chi connectivity index (χ1) is 9.97. The fraction of sp³-hybridized carbons (Fsp3) is 0.571. The average Bonchev–Trinajstić information content (AvgIpc) is 2.86. The second-order valence-electron chi connectivity index (χ2n) is 5.32. The van der Waals surface area contributed by atoms with Crippen LogP contribution in [0.25, 0.3) is 0 Å². The molecule has 1 aromatic rings. The molecule has 6 nitrogen and oxygen atoms in total. The van der Waals surface area contributed by atoms with Crippen LogP contribution in [0.4, 0.5) is 0 Å². The molecule has 0 bridgehead atoms. The minimum atomic E-state index is -0.861. The van der Waals surface area contributed by atoms with Gasteiger partial charge in [0, 0.05) is 25.9 Å². The van der Waals surface area contributed by atoms with Crippen molar-refractivity contribution in [1.82, 2.24) is 14.9 Å². The smallest absolute Gasteiger partial charge is 0.243 e. The van der Waals surface area contributed by atoms with Crippen molar-refractivity contribution < 1.29 is 9.59 Å². The highest BCUT2D eigenvalue weighted by molar-refractivity contribution is 6.29. The molecule has 2 heterocycles. The van der Waals surface area contributed by atoms with Gasteiger partial charge in [-0.2, -0.15) is 0 Å². The van der Waals surface area contributed by atoms with Gasteiger partial charge in [0.25, 0.3) is 0 Å². The molecule has 114 valence electrons. The molecule has 21 heavy (non-hydrogen) atoms. The number of likely N-dealkylation sites (tertiary alicyclic amines) is 1. The van der Waals surface area contributed by atoms with Crippen LogP contribution in [0.5, 0.6) is 0 Å². The Labute approximate surface area is 128 Å². The zero-order valence-electron chi connectivity index (χ0n) is 12.0. The van der Waals surface area contributed by atoms with Gasteiger partial charge in [0.15, 0.2) is 0 Å². The third-order valence-corrected chi connectivity index (χ3v) is 4.37. The Morgan fingerprint density at radius 3 is 2.76 bits per heavy atom. The Kier molecular flexibility index (Phi) is 4.77. The number of rotatable bonds is 5. The summed E-state index contributed by atoms with van der Waals surface area (Å²) in [4.78, 5) is 33.4. The summed E-state index contributed by atoms with van der Waals surface area (Å²) in [7, 11) is 0. The molecule has 0 spiro atoms. The van der Waals surface area contributed by atoms with Gasteiger partial charge in [0.1, 0.15) is 10.7 Å². The summed E-state index contributed by atoms with van der Waals surface area (Å²) >= 11 is 5.97. The van der Waals surface area contributed by atoms with Gasteiger partial charge in [-0.05, 0) is 32.1 Å². The molecule has 1 fully saturated rings. The van der Waals surface area contributed by atoms with E-state index in [1.165, 1.54) is 13.1 Å². The highest BCUT2D eigenvalue weighted by Gasteiger charge is 2.46. The van der Waals surface area contributed by atoms with E-state index in [2.05, 4.69) is 9.97 Å². The largest absolute Gasteiger partial charge is 0.368 e. The molecule has 2 rings (SSSR count). The maximum absolute atomic E-state index is 11.9. The SMILES string of the molecule is CC(=O)N1CCCC1(CCCc1nccnc1Cl)C(N)=O. The average molecular weight is 311 g/mol. The van der Waals surface area contributed by atoms with Crippen LogP contribution in [0.2, 0.25) is 5.15 Å². The molecule has 1 aromatic heterocycles. The molecule has 0 aliphatic carbocycles. The maximum Gasteiger partial charge on any atom is 0.243 e. The number of carbonyl (C=O) groups is 2. The predicted molar refractivity (Wildman–Crippen MR) is 78.5 cm³/mol. The van der Waals surface area contributed by atoms with E-state index in [1.54, 1.807) is 11.1 Å². The molecular weight excluding hydrogens is 292 g/mol. The van der Waals surface area contributed by atoms with Crippen molar-refractivity contribution in [2.75, 3.05) is 6.54 Å². The molecule has 1 atom stereocenters. The second-order valence-corrected chi connectivity index (χ2v) is 5.68. The number of halogens is 1. The zero-order chi connectivity index (χ0) is 15.5. The number of amides is 2. The van der Waals surface area contributed by atoms with Crippen molar-refractivity contribution in [1.29, 1.82) is 0 Å². The molecule has 1 unspecified atom stereocenters. The normalized spacial score (nSPS) is 21.5. The summed E-state index contributed by atoms with van der Waals surface area (Å²) in [5.41, 5.74) is 5.42. The van der Waals surface area contributed by atoms with Crippen molar-refractivity contribution in [2.45, 2.75) is 44.6 Å². The van der Waals surface area contributed by atoms with Gasteiger partial charge in [0.05, 0.1) is 5.69 Å². The van der Waals surface area contributed by atoms with Crippen LogP contribution >= 0.6 is 11.6 Å². The number of carbonyl (C=O) groups excluding carboxylic acids is 2. The van der Waals surface area contributed by atoms with Crippen LogP contribution < -0.4 is 5.73 Å². The summed E-state index contributed by atoms with van der Waals surface area (Å²) in [6.07, 6.45) is 6.34. The Morgan fingerprint density at radius 1 is 1.43 bits per heavy atom. The monoisotopic (exact) mass is 310 g/mol. The highest BCUT2D eigenvalue weighted by atomic mass is 35.5. The molecule has 1 aliphatic rings. The van der Waals surface area contributed by atoms with Crippen molar-refractivity contribution >= 4 is 23.4 Å².